The molecule has 1 rings (SSSR count). The topological polar surface area (TPSA) is 26.3 Å². The van der Waals surface area contributed by atoms with Crippen LogP contribution in [0, 0.1) is 0 Å². The minimum atomic E-state index is -0.0197. The number of hydrogen-bond acceptors (Lipinski definition) is 2. The van der Waals surface area contributed by atoms with Crippen LogP contribution in [0.4, 0.5) is 0 Å². The molecule has 0 saturated heterocycles. The van der Waals surface area contributed by atoms with Crippen molar-refractivity contribution in [2.24, 2.45) is 0 Å². The van der Waals surface area contributed by atoms with Crippen molar-refractivity contribution in [3.63, 3.8) is 0 Å². The van der Waals surface area contributed by atoms with Gasteiger partial charge in [0.2, 0.25) is 0 Å². The summed E-state index contributed by atoms with van der Waals surface area (Å²) in [5.74, 6) is 0.755. The second-order valence-electron chi connectivity index (χ2n) is 5.31. The van der Waals surface area contributed by atoms with E-state index in [1.165, 1.54) is 5.56 Å². The first-order valence-corrected chi connectivity index (χ1v) is 7.02. The minimum absolute atomic E-state index is 0.0197. The van der Waals surface area contributed by atoms with Gasteiger partial charge in [-0.3, -0.25) is 4.79 Å². The normalized spacial score (nSPS) is 12.1. The van der Waals surface area contributed by atoms with Crippen LogP contribution in [0.15, 0.2) is 53.8 Å². The van der Waals surface area contributed by atoms with Crippen molar-refractivity contribution in [2.75, 3.05) is 0 Å². The van der Waals surface area contributed by atoms with E-state index in [0.717, 1.165) is 18.6 Å². The second kappa shape index (κ2) is 7.68. The predicted molar refractivity (Wildman–Crippen MR) is 83.5 cm³/mol. The molecule has 0 aliphatic carbocycles. The molecule has 0 aliphatic heterocycles. The van der Waals surface area contributed by atoms with E-state index >= 15 is 0 Å². The van der Waals surface area contributed by atoms with Crippen molar-refractivity contribution >= 4 is 5.78 Å². The van der Waals surface area contributed by atoms with Crippen molar-refractivity contribution in [2.45, 2.75) is 46.6 Å². The number of rotatable bonds is 7. The molecule has 0 N–H and O–H groups in total. The number of benzene rings is 1. The third-order valence-corrected chi connectivity index (χ3v) is 3.01. The number of allylic oxidation sites excluding steroid dienone is 3. The Morgan fingerprint density at radius 1 is 1.20 bits per heavy atom. The standard InChI is InChI=1S/C18H24O2/c1-13(2)18(19)15(5)17(20-14(3)4)12-11-16-9-7-6-8-10-16/h6-10,14H,1,11-12H2,2-5H3/b17-15+. The van der Waals surface area contributed by atoms with E-state index in [1.807, 2.05) is 39.0 Å². The number of ether oxygens (including phenoxy) is 1. The molecular weight excluding hydrogens is 248 g/mol. The summed E-state index contributed by atoms with van der Waals surface area (Å²) >= 11 is 0. The van der Waals surface area contributed by atoms with E-state index in [-0.39, 0.29) is 11.9 Å². The van der Waals surface area contributed by atoms with Gasteiger partial charge in [-0.2, -0.15) is 0 Å². The predicted octanol–water partition coefficient (Wildman–Crippen LogP) is 4.46. The third-order valence-electron chi connectivity index (χ3n) is 3.01. The fourth-order valence-corrected chi connectivity index (χ4v) is 1.97. The molecule has 0 bridgehead atoms. The Hall–Kier alpha value is -1.83. The van der Waals surface area contributed by atoms with Gasteiger partial charge in [-0.1, -0.05) is 36.9 Å². The van der Waals surface area contributed by atoms with Gasteiger partial charge in [0.1, 0.15) is 5.76 Å². The average Bonchev–Trinajstić information content (AvgIpc) is 2.42. The Bertz CT molecular complexity index is 495. The zero-order chi connectivity index (χ0) is 15.1. The zero-order valence-electron chi connectivity index (χ0n) is 12.9. The maximum Gasteiger partial charge on any atom is 0.187 e. The van der Waals surface area contributed by atoms with Crippen LogP contribution >= 0.6 is 0 Å². The number of Topliss-reactive ketones (excluding diaryl/α,β-unsaturated/α-hetero) is 1. The summed E-state index contributed by atoms with van der Waals surface area (Å²) in [5.41, 5.74) is 2.46. The molecule has 0 radical (unpaired) electrons. The molecule has 20 heavy (non-hydrogen) atoms. The largest absolute Gasteiger partial charge is 0.495 e. The van der Waals surface area contributed by atoms with Gasteiger partial charge < -0.3 is 4.74 Å². The van der Waals surface area contributed by atoms with Gasteiger partial charge in [-0.05, 0) is 45.3 Å². The molecule has 0 fully saturated rings. The lowest BCUT2D eigenvalue weighted by atomic mass is 10.0. The van der Waals surface area contributed by atoms with Crippen molar-refractivity contribution in [3.05, 3.63) is 59.4 Å². The van der Waals surface area contributed by atoms with E-state index in [2.05, 4.69) is 18.7 Å². The van der Waals surface area contributed by atoms with Gasteiger partial charge in [0.05, 0.1) is 6.10 Å². The Labute approximate surface area is 122 Å². The number of carbonyl (C=O) groups excluding carboxylic acids is 1. The quantitative estimate of drug-likeness (QED) is 0.541. The lowest BCUT2D eigenvalue weighted by molar-refractivity contribution is -0.112. The minimum Gasteiger partial charge on any atom is -0.495 e. The molecule has 0 aliphatic rings. The summed E-state index contributed by atoms with van der Waals surface area (Å²) in [4.78, 5) is 12.0. The van der Waals surface area contributed by atoms with Gasteiger partial charge in [0.15, 0.2) is 5.78 Å². The monoisotopic (exact) mass is 272 g/mol. The molecule has 1 aromatic rings. The molecule has 0 atom stereocenters. The summed E-state index contributed by atoms with van der Waals surface area (Å²) < 4.78 is 5.82. The molecule has 1 aromatic carbocycles. The van der Waals surface area contributed by atoms with E-state index in [9.17, 15) is 4.79 Å². The Morgan fingerprint density at radius 3 is 2.30 bits per heavy atom. The highest BCUT2D eigenvalue weighted by Gasteiger charge is 2.14. The van der Waals surface area contributed by atoms with Crippen molar-refractivity contribution in [1.82, 2.24) is 0 Å². The molecule has 0 saturated carbocycles. The van der Waals surface area contributed by atoms with Crippen LogP contribution in [0.1, 0.15) is 39.7 Å². The molecule has 108 valence electrons. The second-order valence-corrected chi connectivity index (χ2v) is 5.31. The van der Waals surface area contributed by atoms with E-state index in [4.69, 9.17) is 4.74 Å². The molecule has 0 amide bonds. The average molecular weight is 272 g/mol. The summed E-state index contributed by atoms with van der Waals surface area (Å²) in [5, 5.41) is 0. The first kappa shape index (κ1) is 16.2. The summed E-state index contributed by atoms with van der Waals surface area (Å²) in [7, 11) is 0. The van der Waals surface area contributed by atoms with Crippen LogP contribution < -0.4 is 0 Å². The highest BCUT2D eigenvalue weighted by Crippen LogP contribution is 2.19. The van der Waals surface area contributed by atoms with Crippen LogP contribution in [0.2, 0.25) is 0 Å². The molecule has 2 nitrogen and oxygen atoms in total. The highest BCUT2D eigenvalue weighted by atomic mass is 16.5. The summed E-state index contributed by atoms with van der Waals surface area (Å²) in [6.07, 6.45) is 1.66. The molecule has 0 heterocycles. The zero-order valence-corrected chi connectivity index (χ0v) is 12.9. The maximum atomic E-state index is 12.0. The lowest BCUT2D eigenvalue weighted by Crippen LogP contribution is -2.11. The molecule has 0 aromatic heterocycles. The van der Waals surface area contributed by atoms with E-state index in [1.54, 1.807) is 6.92 Å². The van der Waals surface area contributed by atoms with Crippen LogP contribution in [0.5, 0.6) is 0 Å². The van der Waals surface area contributed by atoms with Crippen LogP contribution in [-0.4, -0.2) is 11.9 Å². The number of carbonyl (C=O) groups is 1. The Balaban J connectivity index is 2.87. The maximum absolute atomic E-state index is 12.0. The highest BCUT2D eigenvalue weighted by molar-refractivity contribution is 6.07. The molecule has 2 heteroatoms. The summed E-state index contributed by atoms with van der Waals surface area (Å²) in [6, 6.07) is 10.2. The van der Waals surface area contributed by atoms with Gasteiger partial charge >= 0.3 is 0 Å². The Kier molecular flexibility index (Phi) is 6.23. The molecular formula is C18H24O2. The number of ketones is 1. The molecule has 0 unspecified atom stereocenters. The van der Waals surface area contributed by atoms with Gasteiger partial charge in [0, 0.05) is 12.0 Å². The smallest absolute Gasteiger partial charge is 0.187 e. The van der Waals surface area contributed by atoms with Crippen LogP contribution in [0.25, 0.3) is 0 Å². The lowest BCUT2D eigenvalue weighted by Gasteiger charge is -2.17. The molecule has 0 spiro atoms. The fourth-order valence-electron chi connectivity index (χ4n) is 1.97. The van der Waals surface area contributed by atoms with E-state index < -0.39 is 0 Å². The number of aryl methyl sites for hydroxylation is 1. The fraction of sp³-hybridized carbons (Fsp3) is 0.389. The van der Waals surface area contributed by atoms with Crippen LogP contribution in [-0.2, 0) is 16.0 Å². The van der Waals surface area contributed by atoms with Crippen molar-refractivity contribution in [3.8, 4) is 0 Å². The SMILES string of the molecule is C=C(C)C(=O)/C(C)=C(\CCc1ccccc1)OC(C)C. The first-order valence-electron chi connectivity index (χ1n) is 7.02. The van der Waals surface area contributed by atoms with Crippen molar-refractivity contribution < 1.29 is 9.53 Å². The third kappa shape index (κ3) is 5.04. The van der Waals surface area contributed by atoms with Gasteiger partial charge in [0.25, 0.3) is 0 Å². The van der Waals surface area contributed by atoms with E-state index in [0.29, 0.717) is 11.1 Å². The van der Waals surface area contributed by atoms with Crippen LogP contribution in [0.3, 0.4) is 0 Å². The summed E-state index contributed by atoms with van der Waals surface area (Å²) in [6.45, 7) is 11.2. The van der Waals surface area contributed by atoms with Crippen molar-refractivity contribution in [1.29, 1.82) is 0 Å². The number of hydrogen-bond donors (Lipinski definition) is 0. The Morgan fingerprint density at radius 2 is 1.80 bits per heavy atom. The first-order chi connectivity index (χ1) is 9.41. The van der Waals surface area contributed by atoms with Gasteiger partial charge in [-0.25, -0.2) is 0 Å². The van der Waals surface area contributed by atoms with Gasteiger partial charge in [-0.15, -0.1) is 0 Å².